The standard InChI is InChI=1S/C62H51BN2O2S/c1-60(2,3)36-21-23-37(24-22-36)64-46-32-53-40(38-17-12-14-20-52(38)68-53)29-41(46)56-57-58-54(55-39-18-11-13-19-49(39)67-59(55)56)42-30-43-44(62(6,7)26-25-61(43,4)5)31-47(42)65(58)48-33-51-35(27-45(48)63-57)28-50(66-51)34-15-9-8-10-16-34/h8-24,27-33,63-64H,25-26H2,1-7H3. The summed E-state index contributed by atoms with van der Waals surface area (Å²) >= 11 is 1.86. The van der Waals surface area contributed by atoms with Gasteiger partial charge in [-0.25, -0.2) is 0 Å². The monoisotopic (exact) mass is 898 g/mol. The van der Waals surface area contributed by atoms with Crippen molar-refractivity contribution in [2.45, 2.75) is 77.6 Å². The molecule has 0 fully saturated rings. The van der Waals surface area contributed by atoms with Crippen LogP contribution in [-0.2, 0) is 16.2 Å². The molecule has 0 saturated carbocycles. The first-order valence-electron chi connectivity index (χ1n) is 24.2. The highest BCUT2D eigenvalue weighted by Crippen LogP contribution is 2.52. The van der Waals surface area contributed by atoms with Crippen LogP contribution in [-0.4, -0.2) is 11.8 Å². The Morgan fingerprint density at radius 2 is 1.35 bits per heavy atom. The van der Waals surface area contributed by atoms with Crippen LogP contribution >= 0.6 is 11.3 Å². The van der Waals surface area contributed by atoms with E-state index in [0.717, 1.165) is 81.5 Å². The van der Waals surface area contributed by atoms with Gasteiger partial charge >= 0.3 is 0 Å². The Morgan fingerprint density at radius 3 is 2.13 bits per heavy atom. The van der Waals surface area contributed by atoms with Crippen LogP contribution in [0.2, 0.25) is 0 Å². The summed E-state index contributed by atoms with van der Waals surface area (Å²) in [5.41, 5.74) is 18.8. The fraction of sp³-hybridized carbons (Fsp3) is 0.194. The van der Waals surface area contributed by atoms with Crippen molar-refractivity contribution in [3.05, 3.63) is 162 Å². The van der Waals surface area contributed by atoms with Gasteiger partial charge < -0.3 is 18.7 Å². The van der Waals surface area contributed by atoms with Gasteiger partial charge in [-0.1, -0.05) is 139 Å². The zero-order valence-corrected chi connectivity index (χ0v) is 40.5. The molecule has 0 amide bonds. The number of thiophene rings is 1. The lowest BCUT2D eigenvalue weighted by molar-refractivity contribution is 0.332. The molecule has 5 heterocycles. The minimum absolute atomic E-state index is 0.0266. The Bertz CT molecular complexity index is 4120. The van der Waals surface area contributed by atoms with E-state index in [1.807, 2.05) is 11.3 Å². The van der Waals surface area contributed by atoms with E-state index in [9.17, 15) is 0 Å². The largest absolute Gasteiger partial charge is 0.456 e. The van der Waals surface area contributed by atoms with Crippen LogP contribution in [0.25, 0.3) is 103 Å². The van der Waals surface area contributed by atoms with E-state index in [1.165, 1.54) is 80.7 Å². The first-order chi connectivity index (χ1) is 32.8. The summed E-state index contributed by atoms with van der Waals surface area (Å²) in [6.45, 7) is 16.6. The van der Waals surface area contributed by atoms with Crippen LogP contribution < -0.4 is 16.2 Å². The van der Waals surface area contributed by atoms with Crippen LogP contribution in [0.3, 0.4) is 0 Å². The summed E-state index contributed by atoms with van der Waals surface area (Å²) in [6, 6.07) is 54.0. The van der Waals surface area contributed by atoms with Crippen LogP contribution in [0.1, 0.15) is 78.0 Å². The molecule has 8 aromatic carbocycles. The topological polar surface area (TPSA) is 43.2 Å². The maximum Gasteiger partial charge on any atom is 0.198 e. The molecule has 4 nitrogen and oxygen atoms in total. The Hall–Kier alpha value is -7.02. The van der Waals surface area contributed by atoms with E-state index in [1.54, 1.807) is 0 Å². The Balaban J connectivity index is 1.15. The summed E-state index contributed by atoms with van der Waals surface area (Å²) in [4.78, 5) is 0. The average Bonchev–Trinajstić information content (AvgIpc) is 4.10. The van der Waals surface area contributed by atoms with Crippen molar-refractivity contribution < 1.29 is 8.83 Å². The molecule has 2 aliphatic rings. The highest BCUT2D eigenvalue weighted by atomic mass is 32.1. The second-order valence-electron chi connectivity index (χ2n) is 22.0. The third-order valence-electron chi connectivity index (χ3n) is 15.8. The zero-order chi connectivity index (χ0) is 46.0. The summed E-state index contributed by atoms with van der Waals surface area (Å²) in [5.74, 6) is 0.883. The molecule has 68 heavy (non-hydrogen) atoms. The van der Waals surface area contributed by atoms with Gasteiger partial charge in [0.05, 0.1) is 11.0 Å². The smallest absolute Gasteiger partial charge is 0.198 e. The first-order valence-corrected chi connectivity index (χ1v) is 25.1. The number of para-hydroxylation sites is 1. The third-order valence-corrected chi connectivity index (χ3v) is 16.9. The predicted molar refractivity (Wildman–Crippen MR) is 292 cm³/mol. The van der Waals surface area contributed by atoms with Crippen LogP contribution in [0.5, 0.6) is 0 Å². The van der Waals surface area contributed by atoms with Crippen molar-refractivity contribution in [2.75, 3.05) is 5.32 Å². The fourth-order valence-corrected chi connectivity index (χ4v) is 13.1. The van der Waals surface area contributed by atoms with E-state index in [0.29, 0.717) is 0 Å². The Kier molecular flexibility index (Phi) is 8.13. The quantitative estimate of drug-likeness (QED) is 0.179. The maximum atomic E-state index is 7.36. The van der Waals surface area contributed by atoms with Crippen molar-refractivity contribution in [3.63, 3.8) is 0 Å². The number of rotatable bonds is 4. The number of nitrogens with zero attached hydrogens (tertiary/aromatic N) is 1. The number of furan rings is 2. The van der Waals surface area contributed by atoms with E-state index in [-0.39, 0.29) is 16.2 Å². The molecule has 6 heteroatoms. The lowest BCUT2D eigenvalue weighted by atomic mass is 9.58. The van der Waals surface area contributed by atoms with Crippen LogP contribution in [0.4, 0.5) is 11.4 Å². The van der Waals surface area contributed by atoms with Crippen LogP contribution in [0, 0.1) is 0 Å². The number of hydrogen-bond donors (Lipinski definition) is 1. The molecule has 0 unspecified atom stereocenters. The first kappa shape index (κ1) is 40.1. The van der Waals surface area contributed by atoms with Gasteiger partial charge in [-0.05, 0) is 106 Å². The van der Waals surface area contributed by atoms with Crippen molar-refractivity contribution in [1.29, 1.82) is 0 Å². The second kappa shape index (κ2) is 13.8. The number of nitrogens with one attached hydrogen (secondary N) is 1. The lowest BCUT2D eigenvalue weighted by Gasteiger charge is -2.42. The number of benzene rings is 8. The van der Waals surface area contributed by atoms with E-state index in [2.05, 4.69) is 204 Å². The van der Waals surface area contributed by atoms with E-state index >= 15 is 0 Å². The predicted octanol–water partition coefficient (Wildman–Crippen LogP) is 16.2. The highest BCUT2D eigenvalue weighted by molar-refractivity contribution is 7.25. The molecule has 0 spiro atoms. The summed E-state index contributed by atoms with van der Waals surface area (Å²) < 4.78 is 19.3. The van der Waals surface area contributed by atoms with E-state index in [4.69, 9.17) is 8.83 Å². The number of hydrogen-bond acceptors (Lipinski definition) is 4. The maximum absolute atomic E-state index is 7.36. The number of aromatic nitrogens is 1. The van der Waals surface area contributed by atoms with Gasteiger partial charge in [-0.3, -0.25) is 0 Å². The molecule has 4 aromatic heterocycles. The Morgan fingerprint density at radius 1 is 0.632 bits per heavy atom. The highest BCUT2D eigenvalue weighted by Gasteiger charge is 2.40. The zero-order valence-electron chi connectivity index (χ0n) is 39.6. The van der Waals surface area contributed by atoms with Gasteiger partial charge in [-0.2, -0.15) is 0 Å². The van der Waals surface area contributed by atoms with Crippen LogP contribution in [0.15, 0.2) is 154 Å². The molecule has 1 N–H and O–H groups in total. The summed E-state index contributed by atoms with van der Waals surface area (Å²) in [6.07, 6.45) is 2.29. The van der Waals surface area contributed by atoms with Gasteiger partial charge in [0.25, 0.3) is 0 Å². The van der Waals surface area contributed by atoms with Gasteiger partial charge in [0.15, 0.2) is 7.28 Å². The van der Waals surface area contributed by atoms with Crippen molar-refractivity contribution >= 4 is 116 Å². The normalized spacial score (nSPS) is 15.2. The SMILES string of the molecule is CC(C)(C)c1ccc(Nc2cc3sc4ccccc4c3cc2-c2c3c4c(c5cc6c(cc5n4-c4cc5oc(-c7ccccc7)cc5cc4B3)C(C)(C)CCC6(C)C)c3c2oc2ccccc23)cc1. The molecule has 14 rings (SSSR count). The Labute approximate surface area is 400 Å². The fourth-order valence-electron chi connectivity index (χ4n) is 12.0. The lowest BCUT2D eigenvalue weighted by Crippen LogP contribution is -2.37. The van der Waals surface area contributed by atoms with Gasteiger partial charge in [0.1, 0.15) is 22.5 Å². The number of anilines is 2. The third kappa shape index (κ3) is 5.73. The van der Waals surface area contributed by atoms with Gasteiger partial charge in [-0.15, -0.1) is 11.3 Å². The van der Waals surface area contributed by atoms with Crippen molar-refractivity contribution in [1.82, 2.24) is 4.57 Å². The molecule has 0 saturated heterocycles. The minimum atomic E-state index is 0.0266. The average molecular weight is 899 g/mol. The molecule has 1 aliphatic carbocycles. The molecule has 0 bridgehead atoms. The van der Waals surface area contributed by atoms with Gasteiger partial charge in [0, 0.05) is 86.9 Å². The molecule has 330 valence electrons. The van der Waals surface area contributed by atoms with Crippen molar-refractivity contribution in [3.8, 4) is 28.1 Å². The number of fused-ring (bicyclic) bond motifs is 14. The molecule has 1 aliphatic heterocycles. The minimum Gasteiger partial charge on any atom is -0.456 e. The molecular formula is C62H51BN2O2S. The summed E-state index contributed by atoms with van der Waals surface area (Å²) in [5, 5.41) is 12.5. The molecular weight excluding hydrogens is 848 g/mol. The summed E-state index contributed by atoms with van der Waals surface area (Å²) in [7, 11) is 0.727. The van der Waals surface area contributed by atoms with E-state index < -0.39 is 0 Å². The molecule has 0 radical (unpaired) electrons. The molecule has 12 aromatic rings. The van der Waals surface area contributed by atoms with Crippen molar-refractivity contribution in [2.24, 2.45) is 0 Å². The second-order valence-corrected chi connectivity index (χ2v) is 23.1. The van der Waals surface area contributed by atoms with Gasteiger partial charge in [0.2, 0.25) is 0 Å². The molecule has 0 atom stereocenters.